The Labute approximate surface area is 526 Å². The van der Waals surface area contributed by atoms with Crippen LogP contribution in [0.3, 0.4) is 0 Å². The second kappa shape index (κ2) is 22.1. The Morgan fingerprint density at radius 2 is 1.09 bits per heavy atom. The molecule has 0 atom stereocenters. The van der Waals surface area contributed by atoms with Crippen molar-refractivity contribution in [3.8, 4) is 51.0 Å². The Kier molecular flexibility index (Phi) is 11.8. The molecule has 0 N–H and O–H groups in total. The molecule has 8 nitrogen and oxygen atoms in total. The molecule has 1 aliphatic rings. The van der Waals surface area contributed by atoms with Gasteiger partial charge in [0.05, 0.1) is 24.8 Å². The zero-order valence-electron chi connectivity index (χ0n) is 58.8. The van der Waals surface area contributed by atoms with Crippen LogP contribution in [0.5, 0.6) is 11.5 Å². The maximum absolute atomic E-state index is 9.41. The molecule has 9 aromatic carbocycles. The SMILES string of the molecule is [2H]c1c([2H])c([2H])c(-c2c(C)c(C)c(C)c(-c3c([2H])c([2H])c([2H])c([2H])c3[2H])c2[N+]2=C=[N+](c3[c-]c(Oc4[c-]c5c(cc4-c4nc(C(C)(C)c6ccccc6)nc(C(C)(C)c6ccccc6)n4)c4ccccc4n5-c4cc(C(C)(C)C)ccn4)ccc3)c3ccccc32)c([2H])c1[2H].[Pt+2]. The molecule has 418 valence electrons. The van der Waals surface area contributed by atoms with Gasteiger partial charge in [-0.15, -0.1) is 23.6 Å². The van der Waals surface area contributed by atoms with Crippen LogP contribution in [0.2, 0.25) is 0 Å². The van der Waals surface area contributed by atoms with E-state index >= 15 is 0 Å². The van der Waals surface area contributed by atoms with Crippen molar-refractivity contribution in [3.63, 3.8) is 0 Å². The second-order valence-electron chi connectivity index (χ2n) is 23.3. The molecule has 1 aliphatic heterocycles. The maximum atomic E-state index is 9.41. The van der Waals surface area contributed by atoms with Gasteiger partial charge in [0.2, 0.25) is 5.69 Å². The minimum Gasteiger partial charge on any atom is -0.508 e. The van der Waals surface area contributed by atoms with E-state index < -0.39 is 71.3 Å². The summed E-state index contributed by atoms with van der Waals surface area (Å²) in [5.41, 5.74) is 7.02. The Hall–Kier alpha value is -9.19. The first-order valence-electron chi connectivity index (χ1n) is 33.0. The van der Waals surface area contributed by atoms with E-state index in [9.17, 15) is 5.48 Å². The van der Waals surface area contributed by atoms with Crippen molar-refractivity contribution in [2.45, 2.75) is 85.5 Å². The van der Waals surface area contributed by atoms with E-state index in [1.54, 1.807) is 36.0 Å². The van der Waals surface area contributed by atoms with Crippen LogP contribution in [0.4, 0.5) is 22.7 Å². The molecule has 0 radical (unpaired) electrons. The number of hydrogen-bond donors (Lipinski definition) is 0. The summed E-state index contributed by atoms with van der Waals surface area (Å²) in [7, 11) is 0. The predicted octanol–water partition coefficient (Wildman–Crippen LogP) is 18.5. The quantitative estimate of drug-likeness (QED) is 0.0900. The molecule has 9 heteroatoms. The molecule has 85 heavy (non-hydrogen) atoms. The van der Waals surface area contributed by atoms with Gasteiger partial charge in [-0.1, -0.05) is 194 Å². The molecule has 0 spiro atoms. The number of aromatic nitrogens is 5. The Bertz CT molecular complexity index is 5030. The second-order valence-corrected chi connectivity index (χ2v) is 23.3. The molecule has 0 fully saturated rings. The van der Waals surface area contributed by atoms with Crippen LogP contribution in [0.15, 0.2) is 212 Å². The Morgan fingerprint density at radius 3 is 1.68 bits per heavy atom. The van der Waals surface area contributed by atoms with Gasteiger partial charge in [-0.05, 0) is 132 Å². The molecule has 13 rings (SSSR count). The first-order chi connectivity index (χ1) is 44.7. The molecule has 4 heterocycles. The van der Waals surface area contributed by atoms with Gasteiger partial charge < -0.3 is 9.30 Å². The standard InChI is InChI=1S/C76H65N7O.Pt/c1-49-50(2)68(52-28-15-11-16-29-52)70(69(51(49)3)53-30-17-12-18-31-53)82-48-81(63-40-25-26-41-64(63)82)57-36-27-37-58(45-57)84-66-47-65-60(59-38-23-24-39-62(59)83(65)67-44-56(42-43-77-67)74(4,5)6)46-61(66)71-78-72(75(7,8)54-32-19-13-20-33-54)80-73(79-71)76(9,10)55-34-21-14-22-35-55;/h11-44,46H,1-10H3;/q;+2/i11D,12D,15D,16D,17D,18D,28D,29D,30D,31D;. The molecule has 0 amide bonds. The van der Waals surface area contributed by atoms with Crippen molar-refractivity contribution in [2.24, 2.45) is 0 Å². The van der Waals surface area contributed by atoms with Gasteiger partial charge in [0, 0.05) is 46.2 Å². The van der Waals surface area contributed by atoms with Crippen LogP contribution < -0.4 is 13.9 Å². The van der Waals surface area contributed by atoms with Crippen LogP contribution in [-0.2, 0) is 37.3 Å². The summed E-state index contributed by atoms with van der Waals surface area (Å²) < 4.78 is 103. The zero-order valence-corrected chi connectivity index (χ0v) is 51.1. The van der Waals surface area contributed by atoms with E-state index in [1.807, 2.05) is 97.2 Å². The van der Waals surface area contributed by atoms with Gasteiger partial charge in [0.25, 0.3) is 11.4 Å². The number of pyridine rings is 1. The van der Waals surface area contributed by atoms with E-state index in [0.717, 1.165) is 33.0 Å². The fourth-order valence-corrected chi connectivity index (χ4v) is 11.3. The molecule has 0 bridgehead atoms. The summed E-state index contributed by atoms with van der Waals surface area (Å²) >= 11 is 0. The van der Waals surface area contributed by atoms with E-state index in [1.165, 1.54) is 0 Å². The summed E-state index contributed by atoms with van der Waals surface area (Å²) in [4.78, 5) is 21.2. The first kappa shape index (κ1) is 45.3. The van der Waals surface area contributed by atoms with Crippen LogP contribution in [0, 0.1) is 32.9 Å². The van der Waals surface area contributed by atoms with Crippen molar-refractivity contribution in [1.82, 2.24) is 33.7 Å². The van der Waals surface area contributed by atoms with Crippen molar-refractivity contribution < 1.29 is 39.5 Å². The molecule has 12 aromatic rings. The molecule has 3 aromatic heterocycles. The van der Waals surface area contributed by atoms with Crippen LogP contribution in [0.25, 0.3) is 61.3 Å². The van der Waals surface area contributed by atoms with Crippen LogP contribution >= 0.6 is 0 Å². The van der Waals surface area contributed by atoms with Gasteiger partial charge in [0.1, 0.15) is 29.0 Å². The third kappa shape index (κ3) is 10.0. The molecule has 0 unspecified atom stereocenters. The van der Waals surface area contributed by atoms with E-state index in [-0.39, 0.29) is 65.9 Å². The molecular weight excluding hydrogens is 1220 g/mol. The number of benzene rings is 9. The van der Waals surface area contributed by atoms with Crippen molar-refractivity contribution in [3.05, 3.63) is 269 Å². The summed E-state index contributed by atoms with van der Waals surface area (Å²) in [6, 6.07) is 53.0. The molecule has 0 aliphatic carbocycles. The smallest absolute Gasteiger partial charge is 0.508 e. The molecule has 0 saturated heterocycles. The monoisotopic (exact) mass is 1300 g/mol. The number of nitrogens with zero attached hydrogens (tertiary/aromatic N) is 7. The summed E-state index contributed by atoms with van der Waals surface area (Å²) in [6.45, 7) is 20.3. The largest absolute Gasteiger partial charge is 2.00 e. The van der Waals surface area contributed by atoms with Gasteiger partial charge in [-0.3, -0.25) is 0 Å². The van der Waals surface area contributed by atoms with E-state index in [4.69, 9.17) is 32.9 Å². The summed E-state index contributed by atoms with van der Waals surface area (Å²) in [5, 5.41) is 1.78. The minimum atomic E-state index is -0.717. The summed E-state index contributed by atoms with van der Waals surface area (Å²) in [5.74, 6) is 2.64. The zero-order chi connectivity index (χ0) is 66.8. The number of ether oxygens (including phenoxy) is 1. The minimum absolute atomic E-state index is 0. The number of para-hydroxylation sites is 3. The molecule has 0 saturated carbocycles. The van der Waals surface area contributed by atoms with Crippen LogP contribution in [0.1, 0.15) is 107 Å². The van der Waals surface area contributed by atoms with Crippen molar-refractivity contribution >= 4 is 50.6 Å². The molecular formula is C76H65N7OPt+2. The van der Waals surface area contributed by atoms with Crippen molar-refractivity contribution in [2.75, 3.05) is 0 Å². The van der Waals surface area contributed by atoms with Crippen molar-refractivity contribution in [1.29, 1.82) is 0 Å². The topological polar surface area (TPSA) is 71.7 Å². The summed E-state index contributed by atoms with van der Waals surface area (Å²) in [6.07, 6.45) is 1.83. The number of hydrogen-bond acceptors (Lipinski definition) is 5. The Balaban J connectivity index is 0.00000864. The average molecular weight is 1300 g/mol. The van der Waals surface area contributed by atoms with Crippen LogP contribution in [-0.4, -0.2) is 30.5 Å². The maximum Gasteiger partial charge on any atom is 2.00 e. The third-order valence-electron chi connectivity index (χ3n) is 16.3. The van der Waals surface area contributed by atoms with E-state index in [0.29, 0.717) is 68.1 Å². The van der Waals surface area contributed by atoms with Gasteiger partial charge in [0.15, 0.2) is 0 Å². The first-order valence-corrected chi connectivity index (χ1v) is 28.0. The third-order valence-corrected chi connectivity index (χ3v) is 16.3. The predicted molar refractivity (Wildman–Crippen MR) is 343 cm³/mol. The van der Waals surface area contributed by atoms with Gasteiger partial charge >= 0.3 is 27.1 Å². The fraction of sp³-hybridized carbons (Fsp3) is 0.171. The fourth-order valence-electron chi connectivity index (χ4n) is 11.3. The normalized spacial score (nSPS) is 14.1. The van der Waals surface area contributed by atoms with Gasteiger partial charge in [-0.25, -0.2) is 19.9 Å². The van der Waals surface area contributed by atoms with E-state index in [2.05, 4.69) is 120 Å². The number of fused-ring (bicyclic) bond motifs is 4. The van der Waals surface area contributed by atoms with Gasteiger partial charge in [-0.2, -0.15) is 6.07 Å². The average Bonchev–Trinajstić information content (AvgIpc) is 1.72. The number of rotatable bonds is 12. The Morgan fingerprint density at radius 1 is 0.541 bits per heavy atom.